The second kappa shape index (κ2) is 4.88. The van der Waals surface area contributed by atoms with Crippen LogP contribution in [0.5, 0.6) is 0 Å². The topological polar surface area (TPSA) is 37.6 Å². The minimum atomic E-state index is 0.894. The van der Waals surface area contributed by atoms with Gasteiger partial charge in [-0.25, -0.2) is 4.98 Å². The van der Waals surface area contributed by atoms with Gasteiger partial charge in [-0.3, -0.25) is 0 Å². The second-order valence-electron chi connectivity index (χ2n) is 5.39. The zero-order valence-corrected chi connectivity index (χ0v) is 12.5. The van der Waals surface area contributed by atoms with Crippen LogP contribution in [-0.4, -0.2) is 12.0 Å². The van der Waals surface area contributed by atoms with Crippen molar-refractivity contribution in [3.63, 3.8) is 0 Å². The van der Waals surface area contributed by atoms with E-state index in [9.17, 15) is 0 Å². The first-order valence-electron chi connectivity index (χ1n) is 7.30. The van der Waals surface area contributed by atoms with E-state index in [-0.39, 0.29) is 0 Å². The first-order chi connectivity index (χ1) is 10.8. The molecule has 4 aromatic rings. The van der Waals surface area contributed by atoms with Gasteiger partial charge in [-0.05, 0) is 24.6 Å². The molecule has 0 aliphatic heterocycles. The van der Waals surface area contributed by atoms with Crippen LogP contribution in [0.4, 0.5) is 5.69 Å². The lowest BCUT2D eigenvalue weighted by Gasteiger charge is -2.11. The van der Waals surface area contributed by atoms with Crippen LogP contribution in [0.2, 0.25) is 0 Å². The van der Waals surface area contributed by atoms with Crippen molar-refractivity contribution in [1.29, 1.82) is 0 Å². The van der Waals surface area contributed by atoms with Crippen LogP contribution < -0.4 is 0 Å². The highest BCUT2D eigenvalue weighted by Gasteiger charge is 2.11. The zero-order chi connectivity index (χ0) is 15.1. The van der Waals surface area contributed by atoms with Gasteiger partial charge in [-0.15, -0.1) is 0 Å². The molecular formula is C19H15N3. The van der Waals surface area contributed by atoms with Crippen molar-refractivity contribution in [3.8, 4) is 0 Å². The van der Waals surface area contributed by atoms with Gasteiger partial charge in [0, 0.05) is 28.6 Å². The van der Waals surface area contributed by atoms with Crippen LogP contribution in [0.15, 0.2) is 64.8 Å². The van der Waals surface area contributed by atoms with Crippen molar-refractivity contribution >= 4 is 38.3 Å². The van der Waals surface area contributed by atoms with Crippen molar-refractivity contribution in [2.45, 2.75) is 6.92 Å². The van der Waals surface area contributed by atoms with Crippen LogP contribution in [0.25, 0.3) is 32.6 Å². The van der Waals surface area contributed by atoms with E-state index >= 15 is 0 Å². The molecule has 3 nitrogen and oxygen atoms in total. The first kappa shape index (κ1) is 12.9. The zero-order valence-electron chi connectivity index (χ0n) is 12.5. The summed E-state index contributed by atoms with van der Waals surface area (Å²) in [5, 5.41) is 12.8. The molecular weight excluding hydrogens is 270 g/mol. The summed E-state index contributed by atoms with van der Waals surface area (Å²) in [5.74, 6) is 0. The molecule has 0 N–H and O–H groups in total. The lowest BCUT2D eigenvalue weighted by Crippen LogP contribution is -1.89. The summed E-state index contributed by atoms with van der Waals surface area (Å²) in [6.07, 6.45) is 0. The molecule has 0 fully saturated rings. The maximum atomic E-state index is 4.90. The predicted octanol–water partition coefficient (Wildman–Crippen LogP) is 5.56. The van der Waals surface area contributed by atoms with Crippen LogP contribution in [0.1, 0.15) is 5.56 Å². The van der Waals surface area contributed by atoms with Gasteiger partial charge >= 0.3 is 0 Å². The summed E-state index contributed by atoms with van der Waals surface area (Å²) in [6.45, 7) is 2.15. The summed E-state index contributed by atoms with van der Waals surface area (Å²) < 4.78 is 0. The number of nitrogens with zero attached hydrogens (tertiary/aromatic N) is 3. The lowest BCUT2D eigenvalue weighted by atomic mass is 9.98. The minimum Gasteiger partial charge on any atom is -0.247 e. The van der Waals surface area contributed by atoms with E-state index in [1.807, 2.05) is 18.2 Å². The van der Waals surface area contributed by atoms with Gasteiger partial charge in [0.15, 0.2) is 0 Å². The third-order valence-corrected chi connectivity index (χ3v) is 4.15. The van der Waals surface area contributed by atoms with E-state index in [0.717, 1.165) is 32.9 Å². The Morgan fingerprint density at radius 3 is 2.27 bits per heavy atom. The maximum absolute atomic E-state index is 4.90. The Morgan fingerprint density at radius 2 is 1.50 bits per heavy atom. The molecule has 0 amide bonds. The molecule has 0 saturated carbocycles. The Balaban J connectivity index is 2.29. The number of benzene rings is 3. The van der Waals surface area contributed by atoms with Crippen molar-refractivity contribution in [1.82, 2.24) is 4.98 Å². The molecule has 0 bridgehead atoms. The molecule has 0 aliphatic carbocycles. The van der Waals surface area contributed by atoms with E-state index in [2.05, 4.69) is 53.6 Å². The van der Waals surface area contributed by atoms with Crippen LogP contribution in [0, 0.1) is 6.92 Å². The second-order valence-corrected chi connectivity index (χ2v) is 5.39. The smallest absolute Gasteiger partial charge is 0.0938 e. The van der Waals surface area contributed by atoms with Crippen LogP contribution in [0.3, 0.4) is 0 Å². The summed E-state index contributed by atoms with van der Waals surface area (Å²) in [7, 11) is 1.70. The minimum absolute atomic E-state index is 0.894. The number of aryl methyl sites for hydroxylation is 1. The maximum Gasteiger partial charge on any atom is 0.0938 e. The van der Waals surface area contributed by atoms with Crippen LogP contribution in [-0.2, 0) is 0 Å². The average molecular weight is 285 g/mol. The summed E-state index contributed by atoms with van der Waals surface area (Å²) in [6, 6.07) is 18.6. The highest BCUT2D eigenvalue weighted by Crippen LogP contribution is 2.36. The molecule has 0 unspecified atom stereocenters. The summed E-state index contributed by atoms with van der Waals surface area (Å²) in [5.41, 5.74) is 4.19. The van der Waals surface area contributed by atoms with E-state index in [0.29, 0.717) is 0 Å². The van der Waals surface area contributed by atoms with Gasteiger partial charge in [0.05, 0.1) is 16.7 Å². The third kappa shape index (κ3) is 1.79. The Bertz CT molecular complexity index is 1050. The van der Waals surface area contributed by atoms with E-state index in [4.69, 9.17) is 4.98 Å². The fraction of sp³-hybridized carbons (Fsp3) is 0.105. The summed E-state index contributed by atoms with van der Waals surface area (Å²) in [4.78, 5) is 4.90. The Hall–Kier alpha value is -2.81. The first-order valence-corrected chi connectivity index (χ1v) is 7.30. The molecule has 3 heteroatoms. The fourth-order valence-electron chi connectivity index (χ4n) is 3.09. The van der Waals surface area contributed by atoms with E-state index in [1.165, 1.54) is 10.9 Å². The number of para-hydroxylation sites is 1. The van der Waals surface area contributed by atoms with Gasteiger partial charge in [0.1, 0.15) is 0 Å². The monoisotopic (exact) mass is 285 g/mol. The lowest BCUT2D eigenvalue weighted by molar-refractivity contribution is 1.18. The fourth-order valence-corrected chi connectivity index (χ4v) is 3.09. The largest absolute Gasteiger partial charge is 0.247 e. The van der Waals surface area contributed by atoms with Gasteiger partial charge < -0.3 is 0 Å². The molecule has 0 radical (unpaired) electrons. The Labute approximate surface area is 128 Å². The van der Waals surface area contributed by atoms with Crippen LogP contribution >= 0.6 is 0 Å². The number of azo groups is 1. The van der Waals surface area contributed by atoms with Crippen molar-refractivity contribution in [2.24, 2.45) is 10.2 Å². The highest BCUT2D eigenvalue weighted by molar-refractivity contribution is 6.14. The summed E-state index contributed by atoms with van der Waals surface area (Å²) >= 11 is 0. The average Bonchev–Trinajstić information content (AvgIpc) is 2.56. The van der Waals surface area contributed by atoms with Gasteiger partial charge in [-0.2, -0.15) is 10.2 Å². The molecule has 106 valence electrons. The van der Waals surface area contributed by atoms with E-state index < -0.39 is 0 Å². The number of fused-ring (bicyclic) bond motifs is 4. The molecule has 1 aromatic heterocycles. The number of pyridine rings is 1. The SMILES string of the molecule is CN=Nc1cc2c(C)c3ccccc3nc2c2ccccc12. The Morgan fingerprint density at radius 1 is 0.818 bits per heavy atom. The van der Waals surface area contributed by atoms with E-state index in [1.54, 1.807) is 7.05 Å². The molecule has 3 aromatic carbocycles. The van der Waals surface area contributed by atoms with Gasteiger partial charge in [0.25, 0.3) is 0 Å². The molecule has 22 heavy (non-hydrogen) atoms. The molecule has 4 rings (SSSR count). The third-order valence-electron chi connectivity index (χ3n) is 4.15. The molecule has 0 atom stereocenters. The predicted molar refractivity (Wildman–Crippen MR) is 91.9 cm³/mol. The van der Waals surface area contributed by atoms with Crippen molar-refractivity contribution in [3.05, 3.63) is 60.2 Å². The van der Waals surface area contributed by atoms with Gasteiger partial charge in [0.2, 0.25) is 0 Å². The highest BCUT2D eigenvalue weighted by atomic mass is 15.1. The quantitative estimate of drug-likeness (QED) is 0.256. The number of hydrogen-bond donors (Lipinski definition) is 0. The number of aromatic nitrogens is 1. The standard InChI is InChI=1S/C19H15N3/c1-12-13-7-5-6-10-17(13)21-19-15-9-4-3-8-14(15)18(22-20-2)11-16(12)19/h3-11H,1-2H3. The normalized spacial score (nSPS) is 11.9. The number of rotatable bonds is 1. The molecule has 0 aliphatic rings. The van der Waals surface area contributed by atoms with Gasteiger partial charge in [-0.1, -0.05) is 42.5 Å². The molecule has 1 heterocycles. The molecule has 0 spiro atoms. The van der Waals surface area contributed by atoms with Crippen molar-refractivity contribution in [2.75, 3.05) is 7.05 Å². The Kier molecular flexibility index (Phi) is 2.86. The van der Waals surface area contributed by atoms with Crippen molar-refractivity contribution < 1.29 is 0 Å². The molecule has 0 saturated heterocycles. The number of hydrogen-bond acceptors (Lipinski definition) is 3.